The van der Waals surface area contributed by atoms with Gasteiger partial charge in [-0.2, -0.15) is 0 Å². The predicted octanol–water partition coefficient (Wildman–Crippen LogP) is 4.14. The lowest BCUT2D eigenvalue weighted by Crippen LogP contribution is -2.35. The van der Waals surface area contributed by atoms with Crippen LogP contribution in [0.25, 0.3) is 6.08 Å². The van der Waals surface area contributed by atoms with Gasteiger partial charge in [0.15, 0.2) is 0 Å². The van der Waals surface area contributed by atoms with Crippen molar-refractivity contribution in [3.05, 3.63) is 94.0 Å². The fraction of sp³-hybridized carbons (Fsp3) is 0.0417. The summed E-state index contributed by atoms with van der Waals surface area (Å²) < 4.78 is 11.1. The molecule has 1 aliphatic rings. The van der Waals surface area contributed by atoms with Gasteiger partial charge < -0.3 is 9.47 Å². The van der Waals surface area contributed by atoms with E-state index >= 15 is 0 Å². The summed E-state index contributed by atoms with van der Waals surface area (Å²) >= 11 is 3.38. The van der Waals surface area contributed by atoms with Crippen molar-refractivity contribution in [1.82, 2.24) is 5.43 Å². The Labute approximate surface area is 192 Å². The van der Waals surface area contributed by atoms with E-state index in [1.165, 1.54) is 18.2 Å². The zero-order valence-electron chi connectivity index (χ0n) is 16.9. The molecule has 0 saturated carbocycles. The second-order valence-corrected chi connectivity index (χ2v) is 7.64. The summed E-state index contributed by atoms with van der Waals surface area (Å²) in [7, 11) is 1.52. The van der Waals surface area contributed by atoms with Gasteiger partial charge in [-0.1, -0.05) is 30.3 Å². The minimum Gasteiger partial charge on any atom is -0.497 e. The third-order valence-electron chi connectivity index (χ3n) is 4.68. The van der Waals surface area contributed by atoms with Crippen molar-refractivity contribution < 1.29 is 23.9 Å². The predicted molar refractivity (Wildman–Crippen MR) is 122 cm³/mol. The molecule has 0 bridgehead atoms. The molecule has 1 aliphatic heterocycles. The number of methoxy groups -OCH3 is 1. The molecule has 0 spiro atoms. The summed E-state index contributed by atoms with van der Waals surface area (Å²) in [5.41, 5.74) is 4.06. The maximum Gasteiger partial charge on any atom is 0.343 e. The number of hydrogen-bond donors (Lipinski definition) is 1. The minimum atomic E-state index is -0.542. The number of rotatable bonds is 5. The zero-order valence-corrected chi connectivity index (χ0v) is 18.5. The van der Waals surface area contributed by atoms with Gasteiger partial charge in [0, 0.05) is 0 Å². The molecule has 0 atom stereocenters. The molecule has 1 N–H and O–H groups in total. The van der Waals surface area contributed by atoms with Crippen LogP contribution in [-0.4, -0.2) is 24.9 Å². The third kappa shape index (κ3) is 4.40. The molecule has 0 unspecified atom stereocenters. The Morgan fingerprint density at radius 2 is 1.78 bits per heavy atom. The molecule has 1 heterocycles. The van der Waals surface area contributed by atoms with Crippen LogP contribution in [0.2, 0.25) is 0 Å². The number of carbonyl (C=O) groups excluding carboxylic acids is 3. The van der Waals surface area contributed by atoms with Gasteiger partial charge in [-0.05, 0) is 70.0 Å². The number of ether oxygens (including phenoxy) is 2. The first-order valence-electron chi connectivity index (χ1n) is 9.54. The number of nitrogens with zero attached hydrogens (tertiary/aromatic N) is 1. The molecule has 0 radical (unpaired) electrons. The highest BCUT2D eigenvalue weighted by molar-refractivity contribution is 9.10. The van der Waals surface area contributed by atoms with E-state index in [-0.39, 0.29) is 5.57 Å². The van der Waals surface area contributed by atoms with E-state index in [1.54, 1.807) is 66.7 Å². The van der Waals surface area contributed by atoms with Gasteiger partial charge in [0.2, 0.25) is 0 Å². The first-order chi connectivity index (χ1) is 15.5. The summed E-state index contributed by atoms with van der Waals surface area (Å²) in [4.78, 5) is 37.5. The van der Waals surface area contributed by atoms with Gasteiger partial charge in [0.25, 0.3) is 11.8 Å². The first-order valence-corrected chi connectivity index (χ1v) is 10.3. The molecule has 7 nitrogen and oxygen atoms in total. The number of halogens is 1. The SMILES string of the molecule is COc1cccc(C(=O)Oc2ccc(C=C3C(=O)NN(c4ccccc4)C3=O)cc2Br)c1. The Morgan fingerprint density at radius 3 is 2.50 bits per heavy atom. The molecule has 0 aliphatic carbocycles. The number of amides is 2. The largest absolute Gasteiger partial charge is 0.497 e. The summed E-state index contributed by atoms with van der Waals surface area (Å²) in [6.45, 7) is 0. The maximum atomic E-state index is 12.7. The summed E-state index contributed by atoms with van der Waals surface area (Å²) in [6.07, 6.45) is 1.49. The molecule has 3 aromatic rings. The molecule has 32 heavy (non-hydrogen) atoms. The summed E-state index contributed by atoms with van der Waals surface area (Å²) in [6, 6.07) is 20.4. The molecule has 4 rings (SSSR count). The second-order valence-electron chi connectivity index (χ2n) is 6.79. The van der Waals surface area contributed by atoms with Crippen LogP contribution in [-0.2, 0) is 9.59 Å². The Balaban J connectivity index is 1.53. The Hall–Kier alpha value is -3.91. The molecule has 8 heteroatoms. The van der Waals surface area contributed by atoms with Gasteiger partial charge in [-0.25, -0.2) is 9.80 Å². The van der Waals surface area contributed by atoms with Crippen LogP contribution in [0, 0.1) is 0 Å². The average molecular weight is 493 g/mol. The van der Waals surface area contributed by atoms with Gasteiger partial charge >= 0.3 is 5.97 Å². The normalized spacial score (nSPS) is 14.4. The van der Waals surface area contributed by atoms with Gasteiger partial charge in [-0.3, -0.25) is 15.0 Å². The fourth-order valence-electron chi connectivity index (χ4n) is 3.08. The summed E-state index contributed by atoms with van der Waals surface area (Å²) in [5.74, 6) is -0.647. The van der Waals surface area contributed by atoms with Gasteiger partial charge in [0.05, 0.1) is 22.8 Å². The van der Waals surface area contributed by atoms with Crippen LogP contribution >= 0.6 is 15.9 Å². The van der Waals surface area contributed by atoms with Crippen molar-refractivity contribution in [2.75, 3.05) is 12.1 Å². The number of benzene rings is 3. The average Bonchev–Trinajstić information content (AvgIpc) is 3.09. The van der Waals surface area contributed by atoms with E-state index in [0.29, 0.717) is 32.8 Å². The van der Waals surface area contributed by atoms with Crippen molar-refractivity contribution >= 4 is 45.5 Å². The number of hydrazine groups is 1. The van der Waals surface area contributed by atoms with Gasteiger partial charge in [-0.15, -0.1) is 0 Å². The molecular formula is C24H17BrN2O5. The summed E-state index contributed by atoms with van der Waals surface area (Å²) in [5, 5.41) is 1.20. The smallest absolute Gasteiger partial charge is 0.343 e. The Bertz CT molecular complexity index is 1240. The van der Waals surface area contributed by atoms with E-state index in [1.807, 2.05) is 6.07 Å². The van der Waals surface area contributed by atoms with E-state index in [0.717, 1.165) is 0 Å². The minimum absolute atomic E-state index is 0.00174. The molecule has 0 aromatic heterocycles. The highest BCUT2D eigenvalue weighted by atomic mass is 79.9. The monoisotopic (exact) mass is 492 g/mol. The zero-order chi connectivity index (χ0) is 22.7. The Morgan fingerprint density at radius 1 is 1.00 bits per heavy atom. The lowest BCUT2D eigenvalue weighted by atomic mass is 10.1. The topological polar surface area (TPSA) is 84.9 Å². The highest BCUT2D eigenvalue weighted by Gasteiger charge is 2.34. The number of esters is 1. The van der Waals surface area contributed by atoms with Crippen molar-refractivity contribution in [3.8, 4) is 11.5 Å². The quantitative estimate of drug-likeness (QED) is 0.250. The molecule has 1 fully saturated rings. The fourth-order valence-corrected chi connectivity index (χ4v) is 3.56. The molecule has 160 valence electrons. The van der Waals surface area contributed by atoms with Crippen LogP contribution in [0.1, 0.15) is 15.9 Å². The van der Waals surface area contributed by atoms with Crippen LogP contribution < -0.4 is 19.9 Å². The van der Waals surface area contributed by atoms with Crippen LogP contribution in [0.3, 0.4) is 0 Å². The molecule has 1 saturated heterocycles. The number of nitrogens with one attached hydrogen (secondary N) is 1. The van der Waals surface area contributed by atoms with Crippen molar-refractivity contribution in [2.45, 2.75) is 0 Å². The maximum absolute atomic E-state index is 12.7. The Kier molecular flexibility index (Phi) is 6.04. The number of hydrogen-bond acceptors (Lipinski definition) is 5. The molecule has 3 aromatic carbocycles. The lowest BCUT2D eigenvalue weighted by molar-refractivity contribution is -0.117. The van der Waals surface area contributed by atoms with Crippen molar-refractivity contribution in [1.29, 1.82) is 0 Å². The lowest BCUT2D eigenvalue weighted by Gasteiger charge is -2.13. The van der Waals surface area contributed by atoms with Crippen molar-refractivity contribution in [2.24, 2.45) is 0 Å². The van der Waals surface area contributed by atoms with Crippen LogP contribution in [0.4, 0.5) is 5.69 Å². The number of anilines is 1. The van der Waals surface area contributed by atoms with E-state index in [9.17, 15) is 14.4 Å². The molecular weight excluding hydrogens is 476 g/mol. The first kappa shape index (κ1) is 21.3. The highest BCUT2D eigenvalue weighted by Crippen LogP contribution is 2.29. The van der Waals surface area contributed by atoms with Crippen LogP contribution in [0.5, 0.6) is 11.5 Å². The van der Waals surface area contributed by atoms with E-state index in [4.69, 9.17) is 9.47 Å². The van der Waals surface area contributed by atoms with Gasteiger partial charge in [0.1, 0.15) is 17.1 Å². The standard InChI is InChI=1S/C24H17BrN2O5/c1-31-18-9-5-6-16(14-18)24(30)32-21-11-10-15(13-20(21)25)12-19-22(28)26-27(23(19)29)17-7-3-2-4-8-17/h2-14H,1H3,(H,26,28). The van der Waals surface area contributed by atoms with E-state index < -0.39 is 17.8 Å². The van der Waals surface area contributed by atoms with E-state index in [2.05, 4.69) is 21.4 Å². The van der Waals surface area contributed by atoms with Crippen molar-refractivity contribution in [3.63, 3.8) is 0 Å². The van der Waals surface area contributed by atoms with Crippen LogP contribution in [0.15, 0.2) is 82.8 Å². The number of para-hydroxylation sites is 1. The molecule has 2 amide bonds. The number of carbonyl (C=O) groups is 3. The second kappa shape index (κ2) is 9.07. The third-order valence-corrected chi connectivity index (χ3v) is 5.30.